The minimum absolute atomic E-state index is 0.297. The fraction of sp³-hybridized carbons (Fsp3) is 0.111. The fourth-order valence-corrected chi connectivity index (χ4v) is 0.782. The minimum atomic E-state index is -0.833. The molecular weight excluding hydrogens is 200 g/mol. The Morgan fingerprint density at radius 1 is 1.43 bits per heavy atom. The molecule has 0 aromatic heterocycles. The summed E-state index contributed by atoms with van der Waals surface area (Å²) in [6.45, 7) is 1.08. The van der Waals surface area contributed by atoms with Gasteiger partial charge in [-0.05, 0) is 24.4 Å². The summed E-state index contributed by atoms with van der Waals surface area (Å²) in [5.74, 6) is -0.833. The molecule has 0 bridgehead atoms. The highest BCUT2D eigenvalue weighted by atomic mass is 32.1. The number of nitrogens with one attached hydrogen (secondary N) is 1. The van der Waals surface area contributed by atoms with Crippen molar-refractivity contribution in [3.63, 3.8) is 0 Å². The summed E-state index contributed by atoms with van der Waals surface area (Å²) >= 11 is 4.64. The topological polar surface area (TPSA) is 75.3 Å². The van der Waals surface area contributed by atoms with Gasteiger partial charge in [0.15, 0.2) is 5.11 Å². The van der Waals surface area contributed by atoms with Crippen LogP contribution >= 0.6 is 12.2 Å². The quantitative estimate of drug-likeness (QED) is 0.614. The van der Waals surface area contributed by atoms with Crippen molar-refractivity contribution in [1.29, 1.82) is 0 Å². The second kappa shape index (κ2) is 6.85. The van der Waals surface area contributed by atoms with Crippen molar-refractivity contribution in [3.05, 3.63) is 30.3 Å². The van der Waals surface area contributed by atoms with Gasteiger partial charge >= 0.3 is 0 Å². The molecular formula is C9H12N2O2S. The molecule has 0 aliphatic rings. The Morgan fingerprint density at radius 3 is 2.21 bits per heavy atom. The summed E-state index contributed by atoms with van der Waals surface area (Å²) in [6.07, 6.45) is 0. The van der Waals surface area contributed by atoms with Crippen LogP contribution in [0.25, 0.3) is 0 Å². The predicted octanol–water partition coefficient (Wildman–Crippen LogP) is 1.43. The second-order valence-corrected chi connectivity index (χ2v) is 2.81. The largest absolute Gasteiger partial charge is 0.481 e. The first-order valence-electron chi connectivity index (χ1n) is 3.83. The number of carboxylic acid groups (broad SMARTS) is 1. The number of aliphatic carboxylic acids is 1. The van der Waals surface area contributed by atoms with Crippen LogP contribution in [0.2, 0.25) is 0 Å². The fourth-order valence-electron chi connectivity index (χ4n) is 0.664. The molecule has 0 spiro atoms. The summed E-state index contributed by atoms with van der Waals surface area (Å²) < 4.78 is 0. The van der Waals surface area contributed by atoms with Crippen LogP contribution in [0.5, 0.6) is 0 Å². The van der Waals surface area contributed by atoms with Crippen LogP contribution in [0.3, 0.4) is 0 Å². The number of hydrogen-bond acceptors (Lipinski definition) is 2. The van der Waals surface area contributed by atoms with Crippen LogP contribution in [0.4, 0.5) is 5.69 Å². The Morgan fingerprint density at radius 2 is 1.86 bits per heavy atom. The number of carbonyl (C=O) groups is 1. The maximum absolute atomic E-state index is 9.00. The van der Waals surface area contributed by atoms with Gasteiger partial charge in [-0.25, -0.2) is 0 Å². The molecule has 0 saturated heterocycles. The minimum Gasteiger partial charge on any atom is -0.481 e. The summed E-state index contributed by atoms with van der Waals surface area (Å²) in [5, 5.41) is 10.5. The summed E-state index contributed by atoms with van der Waals surface area (Å²) in [7, 11) is 0. The first-order chi connectivity index (χ1) is 6.52. The van der Waals surface area contributed by atoms with E-state index in [1.807, 2.05) is 30.3 Å². The smallest absolute Gasteiger partial charge is 0.300 e. The molecule has 4 nitrogen and oxygen atoms in total. The first-order valence-corrected chi connectivity index (χ1v) is 4.24. The van der Waals surface area contributed by atoms with E-state index in [9.17, 15) is 0 Å². The van der Waals surface area contributed by atoms with E-state index in [-0.39, 0.29) is 0 Å². The number of rotatable bonds is 1. The van der Waals surface area contributed by atoms with E-state index < -0.39 is 5.97 Å². The van der Waals surface area contributed by atoms with Gasteiger partial charge in [0.2, 0.25) is 0 Å². The van der Waals surface area contributed by atoms with Crippen molar-refractivity contribution >= 4 is 29.0 Å². The van der Waals surface area contributed by atoms with Crippen LogP contribution < -0.4 is 11.1 Å². The molecule has 1 aromatic rings. The van der Waals surface area contributed by atoms with Gasteiger partial charge in [-0.2, -0.15) is 0 Å². The SMILES string of the molecule is CC(=O)O.NC(=S)Nc1ccccc1. The van der Waals surface area contributed by atoms with Crippen molar-refractivity contribution in [3.8, 4) is 0 Å². The maximum Gasteiger partial charge on any atom is 0.300 e. The number of para-hydroxylation sites is 1. The van der Waals surface area contributed by atoms with Crippen LogP contribution in [-0.4, -0.2) is 16.2 Å². The van der Waals surface area contributed by atoms with Crippen LogP contribution in [0.1, 0.15) is 6.92 Å². The van der Waals surface area contributed by atoms with E-state index in [0.29, 0.717) is 5.11 Å². The van der Waals surface area contributed by atoms with Gasteiger partial charge in [-0.1, -0.05) is 18.2 Å². The van der Waals surface area contributed by atoms with Crippen LogP contribution in [0, 0.1) is 0 Å². The molecule has 0 amide bonds. The van der Waals surface area contributed by atoms with Gasteiger partial charge in [0.1, 0.15) is 0 Å². The Bertz CT molecular complexity index is 297. The number of nitrogens with two attached hydrogens (primary N) is 1. The third-order valence-electron chi connectivity index (χ3n) is 1.04. The molecule has 0 aliphatic carbocycles. The number of anilines is 1. The van der Waals surface area contributed by atoms with E-state index >= 15 is 0 Å². The van der Waals surface area contributed by atoms with E-state index in [1.165, 1.54) is 0 Å². The first kappa shape index (κ1) is 12.4. The van der Waals surface area contributed by atoms with Crippen molar-refractivity contribution < 1.29 is 9.90 Å². The van der Waals surface area contributed by atoms with Crippen molar-refractivity contribution in [2.24, 2.45) is 5.73 Å². The predicted molar refractivity (Wildman–Crippen MR) is 60.2 cm³/mol. The Balaban J connectivity index is 0.000000364. The number of carboxylic acids is 1. The third-order valence-corrected chi connectivity index (χ3v) is 1.14. The molecule has 14 heavy (non-hydrogen) atoms. The highest BCUT2D eigenvalue weighted by molar-refractivity contribution is 7.80. The summed E-state index contributed by atoms with van der Waals surface area (Å²) in [6, 6.07) is 9.57. The average molecular weight is 212 g/mol. The molecule has 0 fully saturated rings. The molecule has 0 heterocycles. The van der Waals surface area contributed by atoms with Gasteiger partial charge in [-0.15, -0.1) is 0 Å². The van der Waals surface area contributed by atoms with Crippen molar-refractivity contribution in [1.82, 2.24) is 0 Å². The highest BCUT2D eigenvalue weighted by Crippen LogP contribution is 2.03. The summed E-state index contributed by atoms with van der Waals surface area (Å²) in [5.41, 5.74) is 6.17. The van der Waals surface area contributed by atoms with Crippen LogP contribution in [-0.2, 0) is 4.79 Å². The third kappa shape index (κ3) is 8.48. The van der Waals surface area contributed by atoms with Crippen LogP contribution in [0.15, 0.2) is 30.3 Å². The highest BCUT2D eigenvalue weighted by Gasteiger charge is 1.87. The molecule has 76 valence electrons. The molecule has 4 N–H and O–H groups in total. The normalized spacial score (nSPS) is 8.07. The number of thiocarbonyl (C=S) groups is 1. The Hall–Kier alpha value is -1.62. The van der Waals surface area contributed by atoms with E-state index in [2.05, 4.69) is 17.5 Å². The molecule has 1 aromatic carbocycles. The zero-order chi connectivity index (χ0) is 11.0. The van der Waals surface area contributed by atoms with Gasteiger partial charge in [0, 0.05) is 12.6 Å². The van der Waals surface area contributed by atoms with Gasteiger partial charge in [0.05, 0.1) is 0 Å². The lowest BCUT2D eigenvalue weighted by Gasteiger charge is -2.00. The lowest BCUT2D eigenvalue weighted by Crippen LogP contribution is -2.18. The molecule has 0 saturated carbocycles. The van der Waals surface area contributed by atoms with E-state index in [0.717, 1.165) is 12.6 Å². The van der Waals surface area contributed by atoms with E-state index in [1.54, 1.807) is 0 Å². The Labute approximate surface area is 87.7 Å². The lowest BCUT2D eigenvalue weighted by atomic mass is 10.3. The zero-order valence-electron chi connectivity index (χ0n) is 7.73. The maximum atomic E-state index is 9.00. The zero-order valence-corrected chi connectivity index (χ0v) is 8.54. The molecule has 0 aliphatic heterocycles. The molecule has 1 rings (SSSR count). The summed E-state index contributed by atoms with van der Waals surface area (Å²) in [4.78, 5) is 9.00. The number of hydrogen-bond donors (Lipinski definition) is 3. The molecule has 0 unspecified atom stereocenters. The van der Waals surface area contributed by atoms with Gasteiger partial charge < -0.3 is 16.2 Å². The Kier molecular flexibility index (Phi) is 6.06. The van der Waals surface area contributed by atoms with Crippen molar-refractivity contribution in [2.45, 2.75) is 6.92 Å². The van der Waals surface area contributed by atoms with Crippen molar-refractivity contribution in [2.75, 3.05) is 5.32 Å². The molecule has 0 atom stereocenters. The lowest BCUT2D eigenvalue weighted by molar-refractivity contribution is -0.134. The molecule has 0 radical (unpaired) electrons. The van der Waals surface area contributed by atoms with Gasteiger partial charge in [0.25, 0.3) is 5.97 Å². The molecule has 5 heteroatoms. The standard InChI is InChI=1S/C7H8N2S.C2H4O2/c8-7(10)9-6-4-2-1-3-5-6;1-2(3)4/h1-5H,(H3,8,9,10);1H3,(H,3,4). The second-order valence-electron chi connectivity index (χ2n) is 2.37. The number of benzene rings is 1. The monoisotopic (exact) mass is 212 g/mol. The van der Waals surface area contributed by atoms with Gasteiger partial charge in [-0.3, -0.25) is 4.79 Å². The average Bonchev–Trinajstić information content (AvgIpc) is 2.03. The van der Waals surface area contributed by atoms with E-state index in [4.69, 9.17) is 15.6 Å².